The van der Waals surface area contributed by atoms with Crippen molar-refractivity contribution < 1.29 is 9.59 Å². The topological polar surface area (TPSA) is 40.6 Å². The Morgan fingerprint density at radius 3 is 2.21 bits per heavy atom. The molecule has 1 saturated heterocycles. The van der Waals surface area contributed by atoms with Gasteiger partial charge in [0.05, 0.1) is 12.1 Å². The standard InChI is InChI=1S/C23H23ClN2O2/c1-15-5-8-18(13-16(15)2)20-21(25-11-3-4-12-25)23(28)26(22(20)27)14-17-6-9-19(24)10-7-17/h5-10,13H,3-4,11-12,14H2,1-2H3. The third-order valence-electron chi connectivity index (χ3n) is 5.62. The van der Waals surface area contributed by atoms with Crippen LogP contribution in [-0.4, -0.2) is 34.7 Å². The van der Waals surface area contributed by atoms with Gasteiger partial charge in [0.15, 0.2) is 0 Å². The van der Waals surface area contributed by atoms with Gasteiger partial charge in [0.25, 0.3) is 11.8 Å². The van der Waals surface area contributed by atoms with Crippen LogP contribution in [0, 0.1) is 13.8 Å². The fourth-order valence-corrected chi connectivity index (χ4v) is 4.00. The number of rotatable bonds is 4. The summed E-state index contributed by atoms with van der Waals surface area (Å²) in [6.45, 7) is 5.96. The van der Waals surface area contributed by atoms with Gasteiger partial charge in [-0.15, -0.1) is 0 Å². The zero-order valence-corrected chi connectivity index (χ0v) is 16.9. The second-order valence-corrected chi connectivity index (χ2v) is 7.98. The van der Waals surface area contributed by atoms with E-state index in [2.05, 4.69) is 4.90 Å². The molecule has 2 aliphatic rings. The molecule has 0 radical (unpaired) electrons. The maximum absolute atomic E-state index is 13.3. The quantitative estimate of drug-likeness (QED) is 0.724. The molecular formula is C23H23ClN2O2. The van der Waals surface area contributed by atoms with E-state index in [9.17, 15) is 9.59 Å². The van der Waals surface area contributed by atoms with Crippen LogP contribution >= 0.6 is 11.6 Å². The lowest BCUT2D eigenvalue weighted by molar-refractivity contribution is -0.138. The summed E-state index contributed by atoms with van der Waals surface area (Å²) in [5.41, 5.74) is 5.07. The number of hydrogen-bond donors (Lipinski definition) is 0. The number of hydrogen-bond acceptors (Lipinski definition) is 3. The molecule has 4 nitrogen and oxygen atoms in total. The van der Waals surface area contributed by atoms with Crippen molar-refractivity contribution in [3.63, 3.8) is 0 Å². The molecule has 144 valence electrons. The molecule has 2 aliphatic heterocycles. The molecule has 0 N–H and O–H groups in total. The molecule has 0 saturated carbocycles. The van der Waals surface area contributed by atoms with Gasteiger partial charge in [0, 0.05) is 18.1 Å². The Morgan fingerprint density at radius 1 is 0.893 bits per heavy atom. The molecule has 5 heteroatoms. The van der Waals surface area contributed by atoms with Crippen LogP contribution in [0.5, 0.6) is 0 Å². The zero-order valence-electron chi connectivity index (χ0n) is 16.2. The minimum atomic E-state index is -0.217. The summed E-state index contributed by atoms with van der Waals surface area (Å²) in [4.78, 5) is 30.1. The second kappa shape index (κ2) is 7.44. The first-order valence-corrected chi connectivity index (χ1v) is 10.0. The number of carbonyl (C=O) groups excluding carboxylic acids is 2. The van der Waals surface area contributed by atoms with Gasteiger partial charge in [0.2, 0.25) is 0 Å². The van der Waals surface area contributed by atoms with Crippen LogP contribution in [0.4, 0.5) is 0 Å². The molecule has 0 aromatic heterocycles. The molecule has 2 heterocycles. The monoisotopic (exact) mass is 394 g/mol. The highest BCUT2D eigenvalue weighted by molar-refractivity contribution is 6.35. The minimum absolute atomic E-state index is 0.199. The van der Waals surface area contributed by atoms with Crippen molar-refractivity contribution in [3.05, 3.63) is 75.4 Å². The van der Waals surface area contributed by atoms with Crippen molar-refractivity contribution >= 4 is 29.0 Å². The first kappa shape index (κ1) is 18.8. The summed E-state index contributed by atoms with van der Waals surface area (Å²) < 4.78 is 0. The average molecular weight is 395 g/mol. The van der Waals surface area contributed by atoms with Crippen LogP contribution in [-0.2, 0) is 16.1 Å². The minimum Gasteiger partial charge on any atom is -0.366 e. The summed E-state index contributed by atoms with van der Waals surface area (Å²) >= 11 is 5.96. The Morgan fingerprint density at radius 2 is 1.57 bits per heavy atom. The number of nitrogens with zero attached hydrogens (tertiary/aromatic N) is 2. The van der Waals surface area contributed by atoms with E-state index in [0.717, 1.165) is 42.6 Å². The Labute approximate surface area is 170 Å². The van der Waals surface area contributed by atoms with Gasteiger partial charge >= 0.3 is 0 Å². The predicted octanol–water partition coefficient (Wildman–Crippen LogP) is 4.33. The van der Waals surface area contributed by atoms with Crippen molar-refractivity contribution in [1.29, 1.82) is 0 Å². The lowest BCUT2D eigenvalue weighted by Gasteiger charge is -2.20. The normalized spacial score (nSPS) is 17.2. The van der Waals surface area contributed by atoms with Crippen LogP contribution in [0.1, 0.15) is 35.1 Å². The molecule has 4 rings (SSSR count). The van der Waals surface area contributed by atoms with Gasteiger partial charge in [0.1, 0.15) is 5.70 Å². The van der Waals surface area contributed by atoms with E-state index >= 15 is 0 Å². The summed E-state index contributed by atoms with van der Waals surface area (Å²) in [5, 5.41) is 0.634. The predicted molar refractivity (Wildman–Crippen MR) is 111 cm³/mol. The molecule has 0 spiro atoms. The third-order valence-corrected chi connectivity index (χ3v) is 5.87. The van der Waals surface area contributed by atoms with E-state index in [4.69, 9.17) is 11.6 Å². The molecule has 2 aromatic carbocycles. The second-order valence-electron chi connectivity index (χ2n) is 7.54. The first-order chi connectivity index (χ1) is 13.5. The lowest BCUT2D eigenvalue weighted by Crippen LogP contribution is -2.34. The maximum atomic E-state index is 13.3. The molecule has 1 fully saturated rings. The summed E-state index contributed by atoms with van der Waals surface area (Å²) in [6, 6.07) is 13.2. The molecule has 28 heavy (non-hydrogen) atoms. The Balaban J connectivity index is 1.74. The van der Waals surface area contributed by atoms with Crippen LogP contribution in [0.2, 0.25) is 5.02 Å². The van der Waals surface area contributed by atoms with E-state index < -0.39 is 0 Å². The highest BCUT2D eigenvalue weighted by Crippen LogP contribution is 2.34. The summed E-state index contributed by atoms with van der Waals surface area (Å²) in [6.07, 6.45) is 2.09. The van der Waals surface area contributed by atoms with E-state index in [1.54, 1.807) is 12.1 Å². The third kappa shape index (κ3) is 3.33. The van der Waals surface area contributed by atoms with Crippen LogP contribution in [0.3, 0.4) is 0 Å². The number of carbonyl (C=O) groups is 2. The summed E-state index contributed by atoms with van der Waals surface area (Å²) in [7, 11) is 0. The number of halogens is 1. The highest BCUT2D eigenvalue weighted by atomic mass is 35.5. The van der Waals surface area contributed by atoms with E-state index in [-0.39, 0.29) is 18.4 Å². The Hall–Kier alpha value is -2.59. The van der Waals surface area contributed by atoms with Gasteiger partial charge in [-0.2, -0.15) is 0 Å². The van der Waals surface area contributed by atoms with E-state index in [1.807, 2.05) is 44.2 Å². The molecule has 0 atom stereocenters. The maximum Gasteiger partial charge on any atom is 0.278 e. The smallest absolute Gasteiger partial charge is 0.278 e. The number of likely N-dealkylation sites (tertiary alicyclic amines) is 1. The molecule has 0 bridgehead atoms. The average Bonchev–Trinajstić information content (AvgIpc) is 3.28. The number of amides is 2. The van der Waals surface area contributed by atoms with Crippen molar-refractivity contribution in [3.8, 4) is 0 Å². The van der Waals surface area contributed by atoms with E-state index in [0.29, 0.717) is 16.3 Å². The lowest BCUT2D eigenvalue weighted by atomic mass is 9.99. The van der Waals surface area contributed by atoms with Crippen LogP contribution in [0.15, 0.2) is 48.2 Å². The fourth-order valence-electron chi connectivity index (χ4n) is 3.87. The van der Waals surface area contributed by atoms with Crippen molar-refractivity contribution in [2.45, 2.75) is 33.2 Å². The number of imide groups is 1. The van der Waals surface area contributed by atoms with Gasteiger partial charge in [-0.3, -0.25) is 14.5 Å². The molecule has 2 amide bonds. The fraction of sp³-hybridized carbons (Fsp3) is 0.304. The van der Waals surface area contributed by atoms with Gasteiger partial charge in [-0.25, -0.2) is 0 Å². The SMILES string of the molecule is Cc1ccc(C2=C(N3CCCC3)C(=O)N(Cc3ccc(Cl)cc3)C2=O)cc1C. The molecule has 0 aliphatic carbocycles. The van der Waals surface area contributed by atoms with Crippen LogP contribution < -0.4 is 0 Å². The molecular weight excluding hydrogens is 372 g/mol. The Bertz CT molecular complexity index is 973. The van der Waals surface area contributed by atoms with Gasteiger partial charge < -0.3 is 4.90 Å². The first-order valence-electron chi connectivity index (χ1n) is 9.63. The highest BCUT2D eigenvalue weighted by Gasteiger charge is 2.42. The van der Waals surface area contributed by atoms with Crippen LogP contribution in [0.25, 0.3) is 5.57 Å². The summed E-state index contributed by atoms with van der Waals surface area (Å²) in [5.74, 6) is -0.416. The van der Waals surface area contributed by atoms with Gasteiger partial charge in [-0.05, 0) is 61.1 Å². The van der Waals surface area contributed by atoms with Crippen molar-refractivity contribution in [1.82, 2.24) is 9.80 Å². The molecule has 0 unspecified atom stereocenters. The van der Waals surface area contributed by atoms with Crippen molar-refractivity contribution in [2.75, 3.05) is 13.1 Å². The Kier molecular flexibility index (Phi) is 4.98. The molecule has 2 aromatic rings. The van der Waals surface area contributed by atoms with Crippen molar-refractivity contribution in [2.24, 2.45) is 0 Å². The zero-order chi connectivity index (χ0) is 19.8. The van der Waals surface area contributed by atoms with E-state index in [1.165, 1.54) is 10.5 Å². The number of aryl methyl sites for hydroxylation is 2. The van der Waals surface area contributed by atoms with Gasteiger partial charge in [-0.1, -0.05) is 41.9 Å². The largest absolute Gasteiger partial charge is 0.366 e. The number of benzene rings is 2.